The first kappa shape index (κ1) is 30.1. The fourth-order valence-corrected chi connectivity index (χ4v) is 3.41. The van der Waals surface area contributed by atoms with E-state index in [1.165, 1.54) is 5.56 Å². The molecule has 0 aliphatic heterocycles. The molecule has 0 fully saturated rings. The van der Waals surface area contributed by atoms with E-state index in [1.54, 1.807) is 0 Å². The molecule has 0 unspecified atom stereocenters. The van der Waals surface area contributed by atoms with Crippen molar-refractivity contribution in [2.75, 3.05) is 0 Å². The second-order valence-corrected chi connectivity index (χ2v) is 9.87. The molecule has 0 saturated heterocycles. The summed E-state index contributed by atoms with van der Waals surface area (Å²) in [7, 11) is 0. The van der Waals surface area contributed by atoms with E-state index in [1.807, 2.05) is 97.0 Å². The lowest BCUT2D eigenvalue weighted by Gasteiger charge is -2.29. The topological polar surface area (TPSA) is 52.3 Å². The zero-order valence-electron chi connectivity index (χ0n) is 23.0. The summed E-state index contributed by atoms with van der Waals surface area (Å²) in [6, 6.07) is 28.5. The van der Waals surface area contributed by atoms with Crippen LogP contribution < -0.4 is 5.73 Å². The monoisotopic (exact) mass is 475 g/mol. The molecule has 0 saturated carbocycles. The summed E-state index contributed by atoms with van der Waals surface area (Å²) in [6.45, 7) is 15.7. The third-order valence-corrected chi connectivity index (χ3v) is 5.44. The molecule has 3 aromatic rings. The van der Waals surface area contributed by atoms with Crippen molar-refractivity contribution in [2.45, 2.75) is 85.3 Å². The van der Waals surface area contributed by atoms with Crippen LogP contribution in [0.1, 0.15) is 90.1 Å². The average molecular weight is 476 g/mol. The van der Waals surface area contributed by atoms with Gasteiger partial charge in [0.05, 0.1) is 11.5 Å². The fraction of sp³-hybridized carbons (Fsp3) is 0.406. The molecule has 0 atom stereocenters. The largest absolute Gasteiger partial charge is 0.459 e. The van der Waals surface area contributed by atoms with Gasteiger partial charge in [-0.05, 0) is 63.3 Å². The van der Waals surface area contributed by atoms with Gasteiger partial charge in [0.1, 0.15) is 5.60 Å². The van der Waals surface area contributed by atoms with Crippen molar-refractivity contribution in [1.29, 1.82) is 0 Å². The SMILES string of the molecule is CC.CCCc1ccc(C(C)(C)C(=O)OC(C)(C)C)cc1.NC(c1ccccc1)c1ccccc1. The lowest BCUT2D eigenvalue weighted by molar-refractivity contribution is -0.160. The second kappa shape index (κ2) is 14.5. The Kier molecular flexibility index (Phi) is 12.5. The molecule has 35 heavy (non-hydrogen) atoms. The van der Waals surface area contributed by atoms with E-state index in [-0.39, 0.29) is 12.0 Å². The maximum atomic E-state index is 12.3. The smallest absolute Gasteiger partial charge is 0.316 e. The van der Waals surface area contributed by atoms with Crippen molar-refractivity contribution < 1.29 is 9.53 Å². The van der Waals surface area contributed by atoms with Crippen LogP contribution in [0.3, 0.4) is 0 Å². The molecular formula is C32H45NO2. The molecule has 3 nitrogen and oxygen atoms in total. The number of benzene rings is 3. The van der Waals surface area contributed by atoms with Gasteiger partial charge in [-0.2, -0.15) is 0 Å². The van der Waals surface area contributed by atoms with Crippen LogP contribution in [0, 0.1) is 0 Å². The number of aryl methyl sites for hydroxylation is 1. The third kappa shape index (κ3) is 10.1. The molecule has 0 amide bonds. The molecule has 0 heterocycles. The number of nitrogens with two attached hydrogens (primary N) is 1. The maximum absolute atomic E-state index is 12.3. The number of rotatable bonds is 6. The van der Waals surface area contributed by atoms with Gasteiger partial charge in [-0.25, -0.2) is 0 Å². The van der Waals surface area contributed by atoms with Crippen molar-refractivity contribution in [3.63, 3.8) is 0 Å². The molecule has 190 valence electrons. The highest BCUT2D eigenvalue weighted by Crippen LogP contribution is 2.27. The lowest BCUT2D eigenvalue weighted by atomic mass is 9.84. The Bertz CT molecular complexity index is 932. The van der Waals surface area contributed by atoms with E-state index < -0.39 is 11.0 Å². The van der Waals surface area contributed by atoms with E-state index >= 15 is 0 Å². The third-order valence-electron chi connectivity index (χ3n) is 5.44. The van der Waals surface area contributed by atoms with Crippen LogP contribution in [-0.4, -0.2) is 11.6 Å². The number of ether oxygens (including phenoxy) is 1. The van der Waals surface area contributed by atoms with E-state index in [0.717, 1.165) is 29.5 Å². The minimum absolute atomic E-state index is 0.0163. The van der Waals surface area contributed by atoms with Crippen LogP contribution >= 0.6 is 0 Å². The summed E-state index contributed by atoms with van der Waals surface area (Å²) in [5, 5.41) is 0. The van der Waals surface area contributed by atoms with E-state index in [4.69, 9.17) is 10.5 Å². The van der Waals surface area contributed by atoms with Crippen LogP contribution in [0.25, 0.3) is 0 Å². The average Bonchev–Trinajstić information content (AvgIpc) is 2.86. The number of hydrogen-bond acceptors (Lipinski definition) is 3. The van der Waals surface area contributed by atoms with Crippen LogP contribution in [0.2, 0.25) is 0 Å². The zero-order chi connectivity index (χ0) is 26.5. The van der Waals surface area contributed by atoms with Crippen molar-refractivity contribution >= 4 is 5.97 Å². The summed E-state index contributed by atoms with van der Waals surface area (Å²) in [5.41, 5.74) is 9.67. The fourth-order valence-electron chi connectivity index (χ4n) is 3.41. The lowest BCUT2D eigenvalue weighted by Crippen LogP contribution is -2.36. The Morgan fingerprint density at radius 1 is 0.771 bits per heavy atom. The highest BCUT2D eigenvalue weighted by molar-refractivity contribution is 5.82. The highest BCUT2D eigenvalue weighted by Gasteiger charge is 2.34. The van der Waals surface area contributed by atoms with Gasteiger partial charge in [-0.3, -0.25) is 4.79 Å². The van der Waals surface area contributed by atoms with Crippen molar-refractivity contribution in [1.82, 2.24) is 0 Å². The van der Waals surface area contributed by atoms with Crippen molar-refractivity contribution in [2.24, 2.45) is 5.73 Å². The van der Waals surface area contributed by atoms with Crippen LogP contribution in [0.5, 0.6) is 0 Å². The zero-order valence-corrected chi connectivity index (χ0v) is 23.0. The first-order valence-corrected chi connectivity index (χ1v) is 12.7. The Labute approximate surface area is 213 Å². The predicted molar refractivity (Wildman–Crippen MR) is 150 cm³/mol. The molecule has 0 aliphatic carbocycles. The quantitative estimate of drug-likeness (QED) is 0.367. The van der Waals surface area contributed by atoms with Gasteiger partial charge in [-0.1, -0.05) is 112 Å². The molecule has 0 aromatic heterocycles. The van der Waals surface area contributed by atoms with Gasteiger partial charge in [0.15, 0.2) is 0 Å². The maximum Gasteiger partial charge on any atom is 0.316 e. The molecular weight excluding hydrogens is 430 g/mol. The van der Waals surface area contributed by atoms with Crippen molar-refractivity contribution in [3.05, 3.63) is 107 Å². The Morgan fingerprint density at radius 2 is 1.20 bits per heavy atom. The van der Waals surface area contributed by atoms with Crippen LogP contribution in [0.4, 0.5) is 0 Å². The van der Waals surface area contributed by atoms with Crippen molar-refractivity contribution in [3.8, 4) is 0 Å². The Balaban J connectivity index is 0.000000338. The number of carbonyl (C=O) groups is 1. The molecule has 0 spiro atoms. The Morgan fingerprint density at radius 3 is 1.57 bits per heavy atom. The minimum atomic E-state index is -0.613. The predicted octanol–water partition coefficient (Wildman–Crippen LogP) is 8.02. The molecule has 3 aromatic carbocycles. The van der Waals surface area contributed by atoms with E-state index in [2.05, 4.69) is 43.3 Å². The minimum Gasteiger partial charge on any atom is -0.459 e. The van der Waals surface area contributed by atoms with Gasteiger partial charge in [0.2, 0.25) is 0 Å². The number of carbonyl (C=O) groups excluding carboxylic acids is 1. The standard InChI is InChI=1S/C17H26O2.C13H13N.C2H6/c1-7-8-13-9-11-14(12-10-13)17(5,6)15(18)19-16(2,3)4;14-13(11-7-3-1-4-8-11)12-9-5-2-6-10-12;1-2/h9-12H,7-8H2,1-6H3;1-10,13H,14H2;1-2H3. The van der Waals surface area contributed by atoms with Gasteiger partial charge in [0, 0.05) is 0 Å². The molecule has 0 bridgehead atoms. The summed E-state index contributed by atoms with van der Waals surface area (Å²) < 4.78 is 5.50. The summed E-state index contributed by atoms with van der Waals surface area (Å²) >= 11 is 0. The number of hydrogen-bond donors (Lipinski definition) is 1. The molecule has 0 radical (unpaired) electrons. The number of esters is 1. The second-order valence-electron chi connectivity index (χ2n) is 9.87. The first-order valence-electron chi connectivity index (χ1n) is 12.7. The molecule has 2 N–H and O–H groups in total. The van der Waals surface area contributed by atoms with E-state index in [9.17, 15) is 4.79 Å². The van der Waals surface area contributed by atoms with Crippen LogP contribution in [-0.2, 0) is 21.4 Å². The van der Waals surface area contributed by atoms with Gasteiger partial charge in [0.25, 0.3) is 0 Å². The summed E-state index contributed by atoms with van der Waals surface area (Å²) in [5.74, 6) is -0.178. The highest BCUT2D eigenvalue weighted by atomic mass is 16.6. The van der Waals surface area contributed by atoms with Crippen LogP contribution in [0.15, 0.2) is 84.9 Å². The summed E-state index contributed by atoms with van der Waals surface area (Å²) in [4.78, 5) is 12.3. The van der Waals surface area contributed by atoms with Gasteiger partial charge in [-0.15, -0.1) is 0 Å². The molecule has 3 heteroatoms. The van der Waals surface area contributed by atoms with Gasteiger partial charge < -0.3 is 10.5 Å². The molecule has 0 aliphatic rings. The van der Waals surface area contributed by atoms with Gasteiger partial charge >= 0.3 is 5.97 Å². The molecule has 3 rings (SSSR count). The Hall–Kier alpha value is -2.91. The first-order chi connectivity index (χ1) is 16.5. The summed E-state index contributed by atoms with van der Waals surface area (Å²) in [6.07, 6.45) is 2.21. The normalized spacial score (nSPS) is 11.0. The van der Waals surface area contributed by atoms with E-state index in [0.29, 0.717) is 0 Å².